The summed E-state index contributed by atoms with van der Waals surface area (Å²) in [6.45, 7) is 6.42. The molecule has 0 bridgehead atoms. The number of rotatable bonds is 13. The predicted molar refractivity (Wildman–Crippen MR) is 132 cm³/mol. The fourth-order valence-corrected chi connectivity index (χ4v) is 5.46. The van der Waals surface area contributed by atoms with E-state index in [1.807, 2.05) is 0 Å². The number of nitrogens with zero attached hydrogens (tertiary/aromatic N) is 1. The van der Waals surface area contributed by atoms with E-state index in [2.05, 4.69) is 10.2 Å². The van der Waals surface area contributed by atoms with Crippen molar-refractivity contribution in [2.24, 2.45) is 0 Å². The lowest BCUT2D eigenvalue weighted by Crippen LogP contribution is -2.55. The van der Waals surface area contributed by atoms with Crippen LogP contribution < -0.4 is 21.4 Å². The zero-order chi connectivity index (χ0) is 32.4. The zero-order valence-electron chi connectivity index (χ0n) is 23.2. The van der Waals surface area contributed by atoms with Gasteiger partial charge in [0.15, 0.2) is 11.7 Å². The van der Waals surface area contributed by atoms with Crippen LogP contribution in [0.2, 0.25) is 0 Å². The van der Waals surface area contributed by atoms with Gasteiger partial charge in [-0.25, -0.2) is 23.7 Å². The highest BCUT2D eigenvalue weighted by Gasteiger charge is 2.71. The lowest BCUT2D eigenvalue weighted by Gasteiger charge is -2.33. The van der Waals surface area contributed by atoms with Crippen molar-refractivity contribution in [2.45, 2.75) is 96.1 Å². The summed E-state index contributed by atoms with van der Waals surface area (Å²) in [6, 6.07) is -2.99. The summed E-state index contributed by atoms with van der Waals surface area (Å²) in [7, 11) is -4.89. The lowest BCUT2D eigenvalue weighted by molar-refractivity contribution is -0.192. The summed E-state index contributed by atoms with van der Waals surface area (Å²) >= 11 is 0. The molecule has 5 atom stereocenters. The number of ether oxygens (including phenoxy) is 3. The van der Waals surface area contributed by atoms with Crippen molar-refractivity contribution < 1.29 is 59.9 Å². The highest BCUT2D eigenvalue weighted by Crippen LogP contribution is 2.52. The molecule has 0 radical (unpaired) electrons. The maximum Gasteiger partial charge on any atom is 0.342 e. The molecule has 1 fully saturated rings. The number of aromatic nitrogens is 2. The molecule has 1 saturated heterocycles. The topological polar surface area (TPSA) is 187 Å². The van der Waals surface area contributed by atoms with Gasteiger partial charge in [-0.2, -0.15) is 13.2 Å². The summed E-state index contributed by atoms with van der Waals surface area (Å²) in [6.07, 6.45) is -11.9. The Morgan fingerprint density at radius 3 is 1.98 bits per heavy atom. The van der Waals surface area contributed by atoms with Crippen LogP contribution in [0.1, 0.15) is 47.8 Å². The number of carbonyl (C=O) groups is 2. The molecule has 20 heteroatoms. The fraction of sp³-hybridized carbons (Fsp3) is 0.727. The molecule has 0 spiro atoms. The third kappa shape index (κ3) is 7.82. The van der Waals surface area contributed by atoms with Gasteiger partial charge in [0, 0.05) is 0 Å². The Kier molecular flexibility index (Phi) is 11.2. The second kappa shape index (κ2) is 13.3. The number of alkyl halides is 4. The molecule has 2 heterocycles. The van der Waals surface area contributed by atoms with E-state index < -0.39 is 97.9 Å². The van der Waals surface area contributed by atoms with Gasteiger partial charge >= 0.3 is 31.2 Å². The largest absolute Gasteiger partial charge is 0.462 e. The van der Waals surface area contributed by atoms with E-state index in [4.69, 9.17) is 18.7 Å². The van der Waals surface area contributed by atoms with Crippen molar-refractivity contribution in [1.82, 2.24) is 19.7 Å². The quantitative estimate of drug-likeness (QED) is 0.138. The van der Waals surface area contributed by atoms with Crippen LogP contribution >= 0.6 is 7.67 Å². The van der Waals surface area contributed by atoms with Crippen LogP contribution in [0, 0.1) is 5.82 Å². The molecule has 1 aliphatic rings. The van der Waals surface area contributed by atoms with Crippen LogP contribution in [0.3, 0.4) is 0 Å². The summed E-state index contributed by atoms with van der Waals surface area (Å²) in [5.41, 5.74) is -7.01. The maximum absolute atomic E-state index is 15.1. The molecule has 0 saturated carbocycles. The number of carbonyl (C=O) groups excluding carboxylic acids is 2. The molecule has 42 heavy (non-hydrogen) atoms. The Morgan fingerprint density at radius 2 is 1.55 bits per heavy atom. The number of aromatic amines is 1. The minimum absolute atomic E-state index is 0.0348. The Bertz CT molecular complexity index is 1270. The molecule has 1 aromatic heterocycles. The molecule has 2 rings (SSSR count). The standard InChI is InChI=1S/C22H32F5N4O10P/c1-9(2)39-15(33)11(5)29-42(37,30-12(6)16(34)40-10(3)4)38-8-21(18(24)25)17(35)22(26,27)19(41-21)31-7-13(23)14(32)28-20(31)36/h7,9-12,17-19,35H,8H2,1-6H3,(H,28,32,36)(H2,29,30,37)/t11-,12-,17+,19+,21+/m0/s1. The predicted octanol–water partition coefficient (Wildman–Crippen LogP) is 1.19. The van der Waals surface area contributed by atoms with Gasteiger partial charge in [0.05, 0.1) is 25.0 Å². The van der Waals surface area contributed by atoms with Crippen LogP contribution in [-0.4, -0.2) is 81.5 Å². The molecular weight excluding hydrogens is 606 g/mol. The Labute approximate surface area is 235 Å². The van der Waals surface area contributed by atoms with Gasteiger partial charge in [-0.05, 0) is 41.5 Å². The number of hydrogen-bond acceptors (Lipinski definition) is 10. The number of aliphatic hydroxyl groups excluding tert-OH is 1. The van der Waals surface area contributed by atoms with Gasteiger partial charge in [0.25, 0.3) is 12.0 Å². The van der Waals surface area contributed by atoms with Crippen LogP contribution in [0.5, 0.6) is 0 Å². The second-order valence-electron chi connectivity index (χ2n) is 9.94. The average Bonchev–Trinajstić information content (AvgIpc) is 3.05. The second-order valence-corrected chi connectivity index (χ2v) is 11.8. The van der Waals surface area contributed by atoms with Crippen molar-refractivity contribution in [3.8, 4) is 0 Å². The number of esters is 2. The van der Waals surface area contributed by atoms with Gasteiger partial charge < -0.3 is 23.8 Å². The van der Waals surface area contributed by atoms with E-state index in [1.165, 1.54) is 32.7 Å². The number of H-pyrrole nitrogens is 1. The van der Waals surface area contributed by atoms with Crippen molar-refractivity contribution in [1.29, 1.82) is 0 Å². The van der Waals surface area contributed by atoms with E-state index >= 15 is 8.78 Å². The summed E-state index contributed by atoms with van der Waals surface area (Å²) in [5.74, 6) is -8.49. The third-order valence-corrected chi connectivity index (χ3v) is 7.59. The molecule has 0 aliphatic carbocycles. The molecule has 4 N–H and O–H groups in total. The highest BCUT2D eigenvalue weighted by molar-refractivity contribution is 7.54. The minimum Gasteiger partial charge on any atom is -0.462 e. The first-order valence-electron chi connectivity index (χ1n) is 12.4. The van der Waals surface area contributed by atoms with Crippen molar-refractivity contribution in [3.63, 3.8) is 0 Å². The first-order valence-corrected chi connectivity index (χ1v) is 14.0. The van der Waals surface area contributed by atoms with Crippen LogP contribution in [0.25, 0.3) is 0 Å². The molecule has 0 unspecified atom stereocenters. The number of nitrogens with one attached hydrogen (secondary N) is 3. The van der Waals surface area contributed by atoms with Crippen molar-refractivity contribution in [2.75, 3.05) is 6.61 Å². The SMILES string of the molecule is CC(C)OC(=O)[C@H](C)NP(=O)(N[C@@H](C)C(=O)OC(C)C)OC[C@@]1(C(F)F)O[C@@H](n2cc(F)c(=O)[nH]c2=O)C(F)(F)[C@@H]1O. The van der Waals surface area contributed by atoms with Crippen molar-refractivity contribution in [3.05, 3.63) is 32.9 Å². The molecular formula is C22H32F5N4O10P. The average molecular weight is 638 g/mol. The normalized spacial score (nSPS) is 23.8. The van der Waals surface area contributed by atoms with E-state index in [-0.39, 0.29) is 10.8 Å². The third-order valence-electron chi connectivity index (χ3n) is 5.64. The minimum atomic E-state index is -4.89. The maximum atomic E-state index is 15.1. The number of halogens is 5. The van der Waals surface area contributed by atoms with E-state index in [0.29, 0.717) is 0 Å². The summed E-state index contributed by atoms with van der Waals surface area (Å²) in [4.78, 5) is 49.3. The summed E-state index contributed by atoms with van der Waals surface area (Å²) < 4.78 is 106. The number of aliphatic hydroxyl groups is 1. The van der Waals surface area contributed by atoms with Gasteiger partial charge in [-0.15, -0.1) is 0 Å². The zero-order valence-corrected chi connectivity index (χ0v) is 24.1. The first kappa shape index (κ1) is 35.5. The highest BCUT2D eigenvalue weighted by atomic mass is 31.2. The molecule has 0 amide bonds. The van der Waals surface area contributed by atoms with Crippen LogP contribution in [0.4, 0.5) is 22.0 Å². The molecule has 240 valence electrons. The first-order chi connectivity index (χ1) is 19.2. The monoisotopic (exact) mass is 638 g/mol. The smallest absolute Gasteiger partial charge is 0.342 e. The Balaban J connectivity index is 2.48. The summed E-state index contributed by atoms with van der Waals surface area (Å²) in [5, 5.41) is 14.6. The van der Waals surface area contributed by atoms with Crippen molar-refractivity contribution >= 4 is 19.6 Å². The van der Waals surface area contributed by atoms with E-state index in [9.17, 15) is 42.0 Å². The van der Waals surface area contributed by atoms with Gasteiger partial charge in [0.1, 0.15) is 12.1 Å². The molecule has 14 nitrogen and oxygen atoms in total. The molecule has 1 aliphatic heterocycles. The van der Waals surface area contributed by atoms with Crippen LogP contribution in [0.15, 0.2) is 15.8 Å². The Hall–Kier alpha value is -2.70. The van der Waals surface area contributed by atoms with Crippen LogP contribution in [-0.2, 0) is 32.9 Å². The van der Waals surface area contributed by atoms with E-state index in [0.717, 1.165) is 13.8 Å². The van der Waals surface area contributed by atoms with Gasteiger partial charge in [0.2, 0.25) is 12.0 Å². The molecule has 0 aromatic carbocycles. The van der Waals surface area contributed by atoms with Gasteiger partial charge in [-0.1, -0.05) is 0 Å². The van der Waals surface area contributed by atoms with Gasteiger partial charge in [-0.3, -0.25) is 28.5 Å². The fourth-order valence-electron chi connectivity index (χ4n) is 3.62. The number of hydrogen-bond donors (Lipinski definition) is 4. The van der Waals surface area contributed by atoms with E-state index in [1.54, 1.807) is 0 Å². The molecule has 1 aromatic rings. The Morgan fingerprint density at radius 1 is 1.07 bits per heavy atom. The lowest BCUT2D eigenvalue weighted by atomic mass is 9.96.